The number of H-pyrrole nitrogens is 1. The van der Waals surface area contributed by atoms with E-state index in [0.717, 1.165) is 12.1 Å². The molecule has 0 aliphatic heterocycles. The van der Waals surface area contributed by atoms with Gasteiger partial charge in [-0.1, -0.05) is 18.2 Å². The van der Waals surface area contributed by atoms with Crippen LogP contribution in [0.1, 0.15) is 22.3 Å². The highest BCUT2D eigenvalue weighted by atomic mass is 15.1. The zero-order valence-electron chi connectivity index (χ0n) is 14.5. The van der Waals surface area contributed by atoms with Crippen molar-refractivity contribution in [3.63, 3.8) is 0 Å². The number of nitrogens with one attached hydrogen (secondary N) is 2. The summed E-state index contributed by atoms with van der Waals surface area (Å²) in [6, 6.07) is 12.6. The van der Waals surface area contributed by atoms with Crippen molar-refractivity contribution in [2.75, 3.05) is 11.9 Å². The van der Waals surface area contributed by atoms with Crippen LogP contribution in [0.2, 0.25) is 0 Å². The molecular formula is C20H24N4. The maximum absolute atomic E-state index is 6.02. The van der Waals surface area contributed by atoms with Gasteiger partial charge in [-0.25, -0.2) is 0 Å². The Morgan fingerprint density at radius 2 is 1.88 bits per heavy atom. The van der Waals surface area contributed by atoms with E-state index in [9.17, 15) is 0 Å². The minimum atomic E-state index is 0.455. The maximum atomic E-state index is 6.02. The predicted octanol–water partition coefficient (Wildman–Crippen LogP) is 4.06. The lowest BCUT2D eigenvalue weighted by atomic mass is 10.1. The molecule has 0 aliphatic carbocycles. The van der Waals surface area contributed by atoms with Crippen molar-refractivity contribution in [2.24, 2.45) is 10.7 Å². The number of anilines is 1. The number of nitrogens with two attached hydrogens (primary N) is 1. The van der Waals surface area contributed by atoms with Gasteiger partial charge in [-0.3, -0.25) is 4.99 Å². The lowest BCUT2D eigenvalue weighted by molar-refractivity contribution is 0.971. The number of fused-ring (bicyclic) bond motifs is 1. The number of aromatic nitrogens is 1. The third-order valence-corrected chi connectivity index (χ3v) is 4.15. The van der Waals surface area contributed by atoms with Gasteiger partial charge in [-0.2, -0.15) is 0 Å². The van der Waals surface area contributed by atoms with Crippen LogP contribution in [-0.4, -0.2) is 17.5 Å². The smallest absolute Gasteiger partial charge is 0.193 e. The van der Waals surface area contributed by atoms with Gasteiger partial charge in [0.15, 0.2) is 5.96 Å². The summed E-state index contributed by atoms with van der Waals surface area (Å²) in [6.45, 7) is 6.94. The number of rotatable bonds is 4. The molecule has 1 heterocycles. The Kier molecular flexibility index (Phi) is 4.56. The van der Waals surface area contributed by atoms with Crippen LogP contribution in [-0.2, 0) is 6.42 Å². The van der Waals surface area contributed by atoms with Crippen molar-refractivity contribution in [2.45, 2.75) is 27.2 Å². The van der Waals surface area contributed by atoms with Crippen molar-refractivity contribution >= 4 is 22.5 Å². The van der Waals surface area contributed by atoms with E-state index in [2.05, 4.69) is 78.7 Å². The molecule has 4 heteroatoms. The summed E-state index contributed by atoms with van der Waals surface area (Å²) in [4.78, 5) is 7.78. The minimum Gasteiger partial charge on any atom is -0.370 e. The Bertz CT molecular complexity index is 870. The van der Waals surface area contributed by atoms with Crippen LogP contribution >= 0.6 is 0 Å². The van der Waals surface area contributed by atoms with Gasteiger partial charge in [-0.05, 0) is 67.6 Å². The molecule has 4 nitrogen and oxygen atoms in total. The van der Waals surface area contributed by atoms with Gasteiger partial charge in [-0.15, -0.1) is 0 Å². The van der Waals surface area contributed by atoms with Gasteiger partial charge in [0.05, 0.1) is 0 Å². The first-order chi connectivity index (χ1) is 11.5. The van der Waals surface area contributed by atoms with Crippen molar-refractivity contribution in [3.8, 4) is 0 Å². The maximum Gasteiger partial charge on any atom is 0.193 e. The Morgan fingerprint density at radius 1 is 1.12 bits per heavy atom. The number of aliphatic imine (C=N–C) groups is 1. The average Bonchev–Trinajstić information content (AvgIpc) is 2.91. The molecular weight excluding hydrogens is 296 g/mol. The SMILES string of the molecule is Cc1cc(C)cc(NC(N)=NCCc2c[nH]c3cccc(C)c23)c1. The van der Waals surface area contributed by atoms with E-state index in [1.807, 2.05) is 0 Å². The second-order valence-corrected chi connectivity index (χ2v) is 6.33. The Morgan fingerprint density at radius 3 is 2.62 bits per heavy atom. The van der Waals surface area contributed by atoms with Crippen LogP contribution < -0.4 is 11.1 Å². The molecule has 0 amide bonds. The lowest BCUT2D eigenvalue weighted by Gasteiger charge is -2.08. The standard InChI is InChI=1S/C20H24N4/c1-13-9-14(2)11-17(10-13)24-20(21)22-8-7-16-12-23-18-6-4-5-15(3)19(16)18/h4-6,9-12,23H,7-8H2,1-3H3,(H3,21,22,24). The highest BCUT2D eigenvalue weighted by Gasteiger charge is 2.05. The van der Waals surface area contributed by atoms with Crippen molar-refractivity contribution < 1.29 is 0 Å². The molecule has 124 valence electrons. The lowest BCUT2D eigenvalue weighted by Crippen LogP contribution is -2.23. The van der Waals surface area contributed by atoms with Crippen molar-refractivity contribution in [1.29, 1.82) is 0 Å². The second kappa shape index (κ2) is 6.79. The third-order valence-electron chi connectivity index (χ3n) is 4.15. The average molecular weight is 320 g/mol. The Hall–Kier alpha value is -2.75. The number of hydrogen-bond donors (Lipinski definition) is 3. The summed E-state index contributed by atoms with van der Waals surface area (Å²) in [5.41, 5.74) is 13.2. The molecule has 1 aromatic heterocycles. The first-order valence-corrected chi connectivity index (χ1v) is 8.24. The molecule has 0 spiro atoms. The third kappa shape index (κ3) is 3.59. The zero-order valence-corrected chi connectivity index (χ0v) is 14.5. The molecule has 0 fully saturated rings. The van der Waals surface area contributed by atoms with Gasteiger partial charge < -0.3 is 16.0 Å². The second-order valence-electron chi connectivity index (χ2n) is 6.33. The van der Waals surface area contributed by atoms with Crippen LogP contribution in [0.3, 0.4) is 0 Å². The van der Waals surface area contributed by atoms with Gasteiger partial charge >= 0.3 is 0 Å². The molecule has 0 atom stereocenters. The molecule has 3 rings (SSSR count). The minimum absolute atomic E-state index is 0.455. The van der Waals surface area contributed by atoms with Crippen LogP contribution in [0.15, 0.2) is 47.6 Å². The van der Waals surface area contributed by atoms with Crippen molar-refractivity contribution in [1.82, 2.24) is 4.98 Å². The zero-order chi connectivity index (χ0) is 17.1. The van der Waals surface area contributed by atoms with Gasteiger partial charge in [0.2, 0.25) is 0 Å². The summed E-state index contributed by atoms with van der Waals surface area (Å²) >= 11 is 0. The first-order valence-electron chi connectivity index (χ1n) is 8.24. The van der Waals surface area contributed by atoms with E-state index in [1.165, 1.54) is 33.2 Å². The van der Waals surface area contributed by atoms with E-state index in [1.54, 1.807) is 0 Å². The van der Waals surface area contributed by atoms with Crippen LogP contribution in [0.25, 0.3) is 10.9 Å². The summed E-state index contributed by atoms with van der Waals surface area (Å²) in [5.74, 6) is 0.455. The van der Waals surface area contributed by atoms with E-state index in [4.69, 9.17) is 5.73 Å². The highest BCUT2D eigenvalue weighted by molar-refractivity contribution is 5.92. The van der Waals surface area contributed by atoms with Gasteiger partial charge in [0.1, 0.15) is 0 Å². The largest absolute Gasteiger partial charge is 0.370 e. The Balaban J connectivity index is 1.67. The van der Waals surface area contributed by atoms with Crippen LogP contribution in [0, 0.1) is 20.8 Å². The fraction of sp³-hybridized carbons (Fsp3) is 0.250. The van der Waals surface area contributed by atoms with E-state index in [0.29, 0.717) is 12.5 Å². The summed E-state index contributed by atoms with van der Waals surface area (Å²) in [5, 5.41) is 4.47. The normalized spacial score (nSPS) is 11.9. The van der Waals surface area contributed by atoms with Gasteiger partial charge in [0, 0.05) is 29.3 Å². The number of hydrogen-bond acceptors (Lipinski definition) is 1. The topological polar surface area (TPSA) is 66.2 Å². The monoisotopic (exact) mass is 320 g/mol. The molecule has 0 saturated carbocycles. The number of aromatic amines is 1. The highest BCUT2D eigenvalue weighted by Crippen LogP contribution is 2.22. The number of benzene rings is 2. The molecule has 24 heavy (non-hydrogen) atoms. The number of guanidine groups is 1. The van der Waals surface area contributed by atoms with E-state index < -0.39 is 0 Å². The molecule has 2 aromatic carbocycles. The van der Waals surface area contributed by atoms with Gasteiger partial charge in [0.25, 0.3) is 0 Å². The molecule has 4 N–H and O–H groups in total. The quantitative estimate of drug-likeness (QED) is 0.501. The first kappa shape index (κ1) is 16.1. The fourth-order valence-electron chi connectivity index (χ4n) is 3.18. The molecule has 0 bridgehead atoms. The van der Waals surface area contributed by atoms with Crippen LogP contribution in [0.5, 0.6) is 0 Å². The summed E-state index contributed by atoms with van der Waals surface area (Å²) in [6.07, 6.45) is 2.93. The fourth-order valence-corrected chi connectivity index (χ4v) is 3.18. The summed E-state index contributed by atoms with van der Waals surface area (Å²) in [7, 11) is 0. The number of aryl methyl sites for hydroxylation is 3. The molecule has 0 radical (unpaired) electrons. The van der Waals surface area contributed by atoms with E-state index >= 15 is 0 Å². The molecule has 0 saturated heterocycles. The molecule has 0 unspecified atom stereocenters. The predicted molar refractivity (Wildman–Crippen MR) is 103 cm³/mol. The van der Waals surface area contributed by atoms with Crippen molar-refractivity contribution in [3.05, 3.63) is 64.8 Å². The Labute approximate surface area is 142 Å². The summed E-state index contributed by atoms with van der Waals surface area (Å²) < 4.78 is 0. The molecule has 0 aliphatic rings. The molecule has 3 aromatic rings. The van der Waals surface area contributed by atoms with Crippen LogP contribution in [0.4, 0.5) is 5.69 Å². The van der Waals surface area contributed by atoms with E-state index in [-0.39, 0.29) is 0 Å². The number of nitrogens with zero attached hydrogens (tertiary/aromatic N) is 1.